The standard InChI is InChI=1S/C23H27NO3/c1-16(23(26)13-7-2-8-14-23)24-22(25)27-15-21-19-11-5-3-9-17(19)18-10-4-6-12-20(18)21/h3-6,9-12,16,21,26H,2,7-8,13-15H2,1H3,(H,24,25). The number of aliphatic hydroxyl groups is 1. The van der Waals surface area contributed by atoms with Crippen LogP contribution < -0.4 is 5.32 Å². The molecule has 0 radical (unpaired) electrons. The molecule has 4 rings (SSSR count). The number of alkyl carbamates (subject to hydrolysis) is 1. The second-order valence-electron chi connectivity index (χ2n) is 7.86. The number of nitrogens with one attached hydrogen (secondary N) is 1. The van der Waals surface area contributed by atoms with Crippen LogP contribution in [0.2, 0.25) is 0 Å². The molecule has 1 atom stereocenters. The van der Waals surface area contributed by atoms with Gasteiger partial charge in [-0.1, -0.05) is 67.8 Å². The van der Waals surface area contributed by atoms with E-state index in [0.29, 0.717) is 6.61 Å². The normalized spacial score (nSPS) is 19.0. The number of hydrogen-bond donors (Lipinski definition) is 2. The van der Waals surface area contributed by atoms with Crippen molar-refractivity contribution in [2.75, 3.05) is 6.61 Å². The second kappa shape index (κ2) is 7.35. The van der Waals surface area contributed by atoms with Crippen LogP contribution in [0.3, 0.4) is 0 Å². The molecule has 1 saturated carbocycles. The summed E-state index contributed by atoms with van der Waals surface area (Å²) in [7, 11) is 0. The molecule has 2 aromatic rings. The lowest BCUT2D eigenvalue weighted by Gasteiger charge is -2.37. The van der Waals surface area contributed by atoms with E-state index < -0.39 is 11.7 Å². The van der Waals surface area contributed by atoms with Gasteiger partial charge < -0.3 is 15.2 Å². The smallest absolute Gasteiger partial charge is 0.407 e. The lowest BCUT2D eigenvalue weighted by molar-refractivity contribution is -0.0249. The van der Waals surface area contributed by atoms with Crippen LogP contribution in [0.4, 0.5) is 4.79 Å². The molecular formula is C23H27NO3. The third-order valence-electron chi connectivity index (χ3n) is 6.20. The average molecular weight is 365 g/mol. The van der Waals surface area contributed by atoms with E-state index in [0.717, 1.165) is 32.1 Å². The summed E-state index contributed by atoms with van der Waals surface area (Å²) in [5.74, 6) is 0.0521. The fourth-order valence-electron chi connectivity index (χ4n) is 4.55. The molecule has 27 heavy (non-hydrogen) atoms. The van der Waals surface area contributed by atoms with Crippen LogP contribution in [0.1, 0.15) is 56.1 Å². The molecule has 4 nitrogen and oxygen atoms in total. The Morgan fingerprint density at radius 3 is 2.22 bits per heavy atom. The molecule has 2 aromatic carbocycles. The van der Waals surface area contributed by atoms with Crippen LogP contribution in [-0.4, -0.2) is 29.4 Å². The zero-order valence-electron chi connectivity index (χ0n) is 15.8. The predicted octanol–water partition coefficient (Wildman–Crippen LogP) is 4.61. The first-order chi connectivity index (χ1) is 13.1. The maximum Gasteiger partial charge on any atom is 0.407 e. The van der Waals surface area contributed by atoms with Crippen molar-refractivity contribution in [1.29, 1.82) is 0 Å². The number of carbonyl (C=O) groups is 1. The Bertz CT molecular complexity index is 780. The molecule has 1 fully saturated rings. The summed E-state index contributed by atoms with van der Waals surface area (Å²) >= 11 is 0. The van der Waals surface area contributed by atoms with Crippen molar-refractivity contribution in [2.45, 2.75) is 56.6 Å². The van der Waals surface area contributed by atoms with E-state index in [2.05, 4.69) is 29.6 Å². The van der Waals surface area contributed by atoms with Crippen molar-refractivity contribution in [3.05, 3.63) is 59.7 Å². The lowest BCUT2D eigenvalue weighted by Crippen LogP contribution is -2.52. The van der Waals surface area contributed by atoms with Gasteiger partial charge in [-0.25, -0.2) is 4.79 Å². The Hall–Kier alpha value is -2.33. The van der Waals surface area contributed by atoms with Gasteiger partial charge in [0.15, 0.2) is 0 Å². The molecule has 0 saturated heterocycles. The summed E-state index contributed by atoms with van der Waals surface area (Å²) in [6.45, 7) is 2.16. The van der Waals surface area contributed by atoms with Crippen LogP contribution >= 0.6 is 0 Å². The predicted molar refractivity (Wildman–Crippen MR) is 106 cm³/mol. The average Bonchev–Trinajstić information content (AvgIpc) is 3.01. The van der Waals surface area contributed by atoms with Crippen LogP contribution in [0.15, 0.2) is 48.5 Å². The van der Waals surface area contributed by atoms with Crippen LogP contribution in [-0.2, 0) is 4.74 Å². The highest BCUT2D eigenvalue weighted by molar-refractivity contribution is 5.79. The fraction of sp³-hybridized carbons (Fsp3) is 0.435. The second-order valence-corrected chi connectivity index (χ2v) is 7.86. The highest BCUT2D eigenvalue weighted by atomic mass is 16.5. The van der Waals surface area contributed by atoms with Gasteiger partial charge in [0.2, 0.25) is 0 Å². The summed E-state index contributed by atoms with van der Waals surface area (Å²) < 4.78 is 5.58. The van der Waals surface area contributed by atoms with Crippen molar-refractivity contribution in [3.63, 3.8) is 0 Å². The Balaban J connectivity index is 1.42. The summed E-state index contributed by atoms with van der Waals surface area (Å²) in [6, 6.07) is 16.3. The number of benzene rings is 2. The number of amides is 1. The van der Waals surface area contributed by atoms with Gasteiger partial charge in [0.1, 0.15) is 6.61 Å². The molecule has 0 aliphatic heterocycles. The van der Waals surface area contributed by atoms with E-state index in [9.17, 15) is 9.90 Å². The van der Waals surface area contributed by atoms with Crippen molar-refractivity contribution in [1.82, 2.24) is 5.32 Å². The number of rotatable bonds is 4. The van der Waals surface area contributed by atoms with E-state index in [1.54, 1.807) is 0 Å². The Morgan fingerprint density at radius 2 is 1.63 bits per heavy atom. The minimum absolute atomic E-state index is 0.0521. The first-order valence-electron chi connectivity index (χ1n) is 9.92. The van der Waals surface area contributed by atoms with Crippen molar-refractivity contribution in [3.8, 4) is 11.1 Å². The molecular weight excluding hydrogens is 338 g/mol. The number of ether oxygens (including phenoxy) is 1. The molecule has 0 bridgehead atoms. The quantitative estimate of drug-likeness (QED) is 0.832. The van der Waals surface area contributed by atoms with Crippen molar-refractivity contribution < 1.29 is 14.6 Å². The minimum Gasteiger partial charge on any atom is -0.449 e. The van der Waals surface area contributed by atoms with Gasteiger partial charge in [-0.3, -0.25) is 0 Å². The molecule has 1 amide bonds. The van der Waals surface area contributed by atoms with Gasteiger partial charge >= 0.3 is 6.09 Å². The summed E-state index contributed by atoms with van der Waals surface area (Å²) in [4.78, 5) is 12.4. The van der Waals surface area contributed by atoms with Gasteiger partial charge in [0, 0.05) is 5.92 Å². The zero-order valence-corrected chi connectivity index (χ0v) is 15.8. The van der Waals surface area contributed by atoms with Crippen molar-refractivity contribution in [2.24, 2.45) is 0 Å². The lowest BCUT2D eigenvalue weighted by atomic mass is 9.80. The van der Waals surface area contributed by atoms with Crippen LogP contribution in [0.25, 0.3) is 11.1 Å². The minimum atomic E-state index is -0.816. The third-order valence-corrected chi connectivity index (χ3v) is 6.20. The van der Waals surface area contributed by atoms with Gasteiger partial charge in [0.05, 0.1) is 11.6 Å². The molecule has 0 spiro atoms. The largest absolute Gasteiger partial charge is 0.449 e. The maximum atomic E-state index is 12.4. The van der Waals surface area contributed by atoms with Gasteiger partial charge in [-0.15, -0.1) is 0 Å². The SMILES string of the molecule is CC(NC(=O)OCC1c2ccccc2-c2ccccc21)C1(O)CCCCC1. The topological polar surface area (TPSA) is 58.6 Å². The molecule has 2 aliphatic rings. The monoisotopic (exact) mass is 365 g/mol. The van der Waals surface area contributed by atoms with E-state index in [1.807, 2.05) is 31.2 Å². The molecule has 0 heterocycles. The number of hydrogen-bond acceptors (Lipinski definition) is 3. The third kappa shape index (κ3) is 3.46. The Labute approximate surface area is 160 Å². The molecule has 142 valence electrons. The highest BCUT2D eigenvalue weighted by Gasteiger charge is 2.36. The zero-order chi connectivity index (χ0) is 18.9. The van der Waals surface area contributed by atoms with Gasteiger partial charge in [-0.2, -0.15) is 0 Å². The fourth-order valence-corrected chi connectivity index (χ4v) is 4.55. The first-order valence-corrected chi connectivity index (χ1v) is 9.92. The first kappa shape index (κ1) is 18.1. The van der Waals surface area contributed by atoms with Crippen LogP contribution in [0, 0.1) is 0 Å². The summed E-state index contributed by atoms with van der Waals surface area (Å²) in [5.41, 5.74) is 4.01. The molecule has 2 aliphatic carbocycles. The number of carbonyl (C=O) groups excluding carboxylic acids is 1. The highest BCUT2D eigenvalue weighted by Crippen LogP contribution is 2.44. The van der Waals surface area contributed by atoms with Crippen molar-refractivity contribution >= 4 is 6.09 Å². The van der Waals surface area contributed by atoms with Gasteiger partial charge in [0.25, 0.3) is 0 Å². The van der Waals surface area contributed by atoms with E-state index >= 15 is 0 Å². The van der Waals surface area contributed by atoms with Gasteiger partial charge in [-0.05, 0) is 42.0 Å². The van der Waals surface area contributed by atoms with E-state index in [1.165, 1.54) is 22.3 Å². The molecule has 0 aromatic heterocycles. The molecule has 1 unspecified atom stereocenters. The molecule has 4 heteroatoms. The summed E-state index contributed by atoms with van der Waals surface area (Å²) in [5, 5.41) is 13.6. The van der Waals surface area contributed by atoms with E-state index in [-0.39, 0.29) is 12.0 Å². The Kier molecular flexibility index (Phi) is 4.92. The molecule has 2 N–H and O–H groups in total. The summed E-state index contributed by atoms with van der Waals surface area (Å²) in [6.07, 6.45) is 4.18. The van der Waals surface area contributed by atoms with Crippen LogP contribution in [0.5, 0.6) is 0 Å². The van der Waals surface area contributed by atoms with E-state index in [4.69, 9.17) is 4.74 Å². The maximum absolute atomic E-state index is 12.4. The number of fused-ring (bicyclic) bond motifs is 3. The Morgan fingerprint density at radius 1 is 1.07 bits per heavy atom.